The minimum Gasteiger partial charge on any atom is -0.493 e. The highest BCUT2D eigenvalue weighted by atomic mass is 35.5. The Bertz CT molecular complexity index is 1490. The molecule has 1 aliphatic heterocycles. The van der Waals surface area contributed by atoms with Gasteiger partial charge in [0.05, 0.1) is 12.2 Å². The largest absolute Gasteiger partial charge is 0.493 e. The van der Waals surface area contributed by atoms with Crippen molar-refractivity contribution in [1.82, 2.24) is 0 Å². The molecule has 47 heavy (non-hydrogen) atoms. The van der Waals surface area contributed by atoms with Gasteiger partial charge in [-0.2, -0.15) is 0 Å². The molecule has 12 heteroatoms. The van der Waals surface area contributed by atoms with Crippen molar-refractivity contribution in [2.45, 2.75) is 66.2 Å². The van der Waals surface area contributed by atoms with Crippen LogP contribution < -0.4 is 14.2 Å². The number of hydrogen-bond donors (Lipinski definition) is 0. The Morgan fingerprint density at radius 3 is 1.70 bits per heavy atom. The van der Waals surface area contributed by atoms with Gasteiger partial charge in [-0.3, -0.25) is 19.2 Å². The van der Waals surface area contributed by atoms with Gasteiger partial charge in [0.1, 0.15) is 5.75 Å². The highest BCUT2D eigenvalue weighted by molar-refractivity contribution is 6.68. The number of ether oxygens (including phenoxy) is 3. The van der Waals surface area contributed by atoms with Gasteiger partial charge in [0, 0.05) is 11.1 Å². The average molecular weight is 733 g/mol. The summed E-state index contributed by atoms with van der Waals surface area (Å²) in [5, 5.41) is -2.25. The quantitative estimate of drug-likeness (QED) is 0.202. The summed E-state index contributed by atoms with van der Waals surface area (Å²) in [7, 11) is 0. The zero-order valence-corrected chi connectivity index (χ0v) is 30.3. The fourth-order valence-corrected chi connectivity index (χ4v) is 4.60. The first-order chi connectivity index (χ1) is 22.0. The lowest BCUT2D eigenvalue weighted by Gasteiger charge is -2.20. The second-order valence-corrected chi connectivity index (χ2v) is 12.3. The van der Waals surface area contributed by atoms with Crippen LogP contribution in [0.15, 0.2) is 54.6 Å². The Hall–Kier alpha value is -3.17. The number of benzene rings is 3. The summed E-state index contributed by atoms with van der Waals surface area (Å²) < 4.78 is 25.9. The molecule has 0 unspecified atom stereocenters. The molecule has 0 saturated carbocycles. The molecule has 4 rings (SSSR count). The van der Waals surface area contributed by atoms with Crippen LogP contribution in [-0.4, -0.2) is 41.0 Å². The maximum absolute atomic E-state index is 11.7. The molecule has 0 aliphatic carbocycles. The first-order valence-electron chi connectivity index (χ1n) is 14.7. The van der Waals surface area contributed by atoms with Crippen LogP contribution in [0.3, 0.4) is 0 Å². The van der Waals surface area contributed by atoms with Crippen LogP contribution in [-0.2, 0) is 4.79 Å². The van der Waals surface area contributed by atoms with Gasteiger partial charge >= 0.3 is 0 Å². The van der Waals surface area contributed by atoms with Gasteiger partial charge in [0.2, 0.25) is 6.79 Å². The van der Waals surface area contributed by atoms with E-state index in [4.69, 9.17) is 49.0 Å². The topological polar surface area (TPSA) is 96.0 Å². The number of rotatable bonds is 9. The van der Waals surface area contributed by atoms with Crippen LogP contribution in [0, 0.1) is 0 Å². The van der Waals surface area contributed by atoms with Crippen molar-refractivity contribution in [3.63, 3.8) is 0 Å². The van der Waals surface area contributed by atoms with Gasteiger partial charge in [-0.1, -0.05) is 65.8 Å². The van der Waals surface area contributed by atoms with Crippen LogP contribution >= 0.6 is 46.4 Å². The fraction of sp³-hybridized carbons (Fsp3) is 0.371. The lowest BCUT2D eigenvalue weighted by Crippen LogP contribution is -2.08. The van der Waals surface area contributed by atoms with Crippen molar-refractivity contribution in [2.24, 2.45) is 0 Å². The summed E-state index contributed by atoms with van der Waals surface area (Å²) in [6.45, 7) is 14.3. The minimum absolute atomic E-state index is 0.204. The molecule has 1 aliphatic rings. The van der Waals surface area contributed by atoms with E-state index < -0.39 is 22.4 Å². The predicted molar refractivity (Wildman–Crippen MR) is 186 cm³/mol. The van der Waals surface area contributed by atoms with E-state index >= 15 is 0 Å². The highest BCUT2D eigenvalue weighted by Gasteiger charge is 2.21. The van der Waals surface area contributed by atoms with Gasteiger partial charge in [-0.05, 0) is 118 Å². The lowest BCUT2D eigenvalue weighted by molar-refractivity contribution is -0.112. The van der Waals surface area contributed by atoms with Crippen molar-refractivity contribution >= 4 is 67.4 Å². The maximum atomic E-state index is 11.7. The zero-order chi connectivity index (χ0) is 35.8. The predicted octanol–water partition coefficient (Wildman–Crippen LogP) is 10.4. The Kier molecular flexibility index (Phi) is 18.6. The van der Waals surface area contributed by atoms with E-state index in [1.165, 1.54) is 5.56 Å². The number of carbonyl (C=O) groups is 4. The number of carbonyl (C=O) groups excluding carboxylic acids is 4. The van der Waals surface area contributed by atoms with E-state index in [-0.39, 0.29) is 12.0 Å². The number of alkyl halides is 1. The summed E-state index contributed by atoms with van der Waals surface area (Å²) in [4.78, 5) is 42.5. The van der Waals surface area contributed by atoms with Crippen molar-refractivity contribution in [3.8, 4) is 17.2 Å². The molecular weight excluding hydrogens is 693 g/mol. The third-order valence-electron chi connectivity index (χ3n) is 6.43. The molecule has 0 bridgehead atoms. The van der Waals surface area contributed by atoms with E-state index in [0.29, 0.717) is 58.3 Å². The van der Waals surface area contributed by atoms with Crippen LogP contribution in [0.2, 0.25) is 0 Å². The summed E-state index contributed by atoms with van der Waals surface area (Å²) in [5.74, 6) is 2.83. The molecular formula is C35H39Cl4FO7. The van der Waals surface area contributed by atoms with Crippen molar-refractivity contribution in [3.05, 3.63) is 88.0 Å². The highest BCUT2D eigenvalue weighted by Crippen LogP contribution is 2.34. The number of hydrogen-bond acceptors (Lipinski definition) is 7. The van der Waals surface area contributed by atoms with Gasteiger partial charge in [0.25, 0.3) is 21.0 Å². The Labute approximate surface area is 295 Å². The zero-order valence-electron chi connectivity index (χ0n) is 27.3. The van der Waals surface area contributed by atoms with Crippen LogP contribution in [0.4, 0.5) is 4.39 Å². The molecule has 0 aromatic heterocycles. The Morgan fingerprint density at radius 1 is 0.745 bits per heavy atom. The summed E-state index contributed by atoms with van der Waals surface area (Å²) in [6.07, 6.45) is 0. The summed E-state index contributed by atoms with van der Waals surface area (Å²) in [5.41, 5.74) is 4.98. The van der Waals surface area contributed by atoms with Crippen molar-refractivity contribution in [1.29, 1.82) is 0 Å². The molecule has 0 amide bonds. The van der Waals surface area contributed by atoms with E-state index in [1.807, 2.05) is 6.92 Å². The number of fused-ring (bicyclic) bond motifs is 1. The monoisotopic (exact) mass is 730 g/mol. The molecule has 7 nitrogen and oxygen atoms in total. The normalized spacial score (nSPS) is 11.0. The SMILES string of the molecule is CC(C)c1cc(C(C)C)c(C(=O)Cl)c(C(C)C)c1.CCOc1ccccc1C(=O)Cl.O=C(Cl)CF.O=C(Cl)c1ccc2c(c1)OCO2. The van der Waals surface area contributed by atoms with Crippen molar-refractivity contribution in [2.75, 3.05) is 20.1 Å². The molecule has 0 N–H and O–H groups in total. The second-order valence-electron chi connectivity index (χ2n) is 10.8. The third-order valence-corrected chi connectivity index (χ3v) is 7.14. The number of para-hydroxylation sites is 1. The number of halogens is 5. The van der Waals surface area contributed by atoms with Crippen LogP contribution in [0.25, 0.3) is 0 Å². The molecule has 0 saturated heterocycles. The van der Waals surface area contributed by atoms with E-state index in [9.17, 15) is 23.6 Å². The van der Waals surface area contributed by atoms with Crippen LogP contribution in [0.1, 0.15) is 114 Å². The van der Waals surface area contributed by atoms with Crippen molar-refractivity contribution < 1.29 is 37.8 Å². The molecule has 3 aromatic rings. The minimum atomic E-state index is -1.07. The van der Waals surface area contributed by atoms with Gasteiger partial charge in [-0.15, -0.1) is 0 Å². The molecule has 256 valence electrons. The Balaban J connectivity index is 0.000000336. The molecule has 1 heterocycles. The van der Waals surface area contributed by atoms with Gasteiger partial charge in [-0.25, -0.2) is 4.39 Å². The lowest BCUT2D eigenvalue weighted by atomic mass is 9.85. The molecule has 0 atom stereocenters. The summed E-state index contributed by atoms with van der Waals surface area (Å²) >= 11 is 20.8. The maximum Gasteiger partial charge on any atom is 0.256 e. The first-order valence-corrected chi connectivity index (χ1v) is 16.2. The van der Waals surface area contributed by atoms with Gasteiger partial charge in [0.15, 0.2) is 18.2 Å². The standard InChI is InChI=1S/C16H23ClO.C9H9ClO2.C8H5ClO3.C2H2ClFO/c1-9(2)12-7-13(10(3)4)15(16(17)18)14(8-12)11(5)6;1-2-12-8-6-4-3-5-7(8)9(10)11;9-8(10)5-1-2-6-7(3-5)12-4-11-6;3-2(5)1-4/h7-11H,1-6H3;3-6H,2H2,1H3;1-3H,4H2;1H2. The van der Waals surface area contributed by atoms with E-state index in [1.54, 1.807) is 42.5 Å². The smallest absolute Gasteiger partial charge is 0.256 e. The average Bonchev–Trinajstić information content (AvgIpc) is 3.49. The molecule has 0 fully saturated rings. The summed E-state index contributed by atoms with van der Waals surface area (Å²) in [6, 6.07) is 16.0. The molecule has 0 radical (unpaired) electrons. The molecule has 3 aromatic carbocycles. The Morgan fingerprint density at radius 2 is 1.28 bits per heavy atom. The fourth-order valence-electron chi connectivity index (χ4n) is 4.11. The van der Waals surface area contributed by atoms with E-state index in [0.717, 1.165) is 11.1 Å². The second kappa shape index (κ2) is 20.9. The van der Waals surface area contributed by atoms with E-state index in [2.05, 4.69) is 65.3 Å². The van der Waals surface area contributed by atoms with Crippen LogP contribution in [0.5, 0.6) is 17.2 Å². The first kappa shape index (κ1) is 41.9. The van der Waals surface area contributed by atoms with Gasteiger partial charge < -0.3 is 14.2 Å². The molecule has 0 spiro atoms. The third kappa shape index (κ3) is 13.8.